The molecule has 0 bridgehead atoms. The van der Waals surface area contributed by atoms with Gasteiger partial charge in [0.15, 0.2) is 5.96 Å². The molecular weight excluding hydrogens is 464 g/mol. The summed E-state index contributed by atoms with van der Waals surface area (Å²) in [6.07, 6.45) is 7.01. The van der Waals surface area contributed by atoms with E-state index >= 15 is 0 Å². The van der Waals surface area contributed by atoms with Crippen LogP contribution in [-0.4, -0.2) is 41.6 Å². The van der Waals surface area contributed by atoms with E-state index < -0.39 is 0 Å². The molecule has 5 nitrogen and oxygen atoms in total. The molecule has 2 aromatic rings. The SMILES string of the molecule is CN=C(NCCCSc1ccc(F)cc1)NCCCc1cnn(C)c1.I. The fourth-order valence-electron chi connectivity index (χ4n) is 2.32. The van der Waals surface area contributed by atoms with Crippen molar-refractivity contribution in [1.29, 1.82) is 0 Å². The van der Waals surface area contributed by atoms with E-state index in [1.165, 1.54) is 17.7 Å². The van der Waals surface area contributed by atoms with Gasteiger partial charge in [-0.1, -0.05) is 0 Å². The molecule has 0 fully saturated rings. The first-order valence-corrected chi connectivity index (χ1v) is 9.46. The number of halogens is 2. The molecule has 1 heterocycles. The summed E-state index contributed by atoms with van der Waals surface area (Å²) in [5.74, 6) is 1.62. The third-order valence-corrected chi connectivity index (χ3v) is 4.71. The van der Waals surface area contributed by atoms with E-state index in [2.05, 4.69) is 20.7 Å². The number of nitrogens with zero attached hydrogens (tertiary/aromatic N) is 3. The van der Waals surface area contributed by atoms with Gasteiger partial charge in [0.05, 0.1) is 6.20 Å². The Morgan fingerprint density at radius 2 is 1.88 bits per heavy atom. The van der Waals surface area contributed by atoms with Crippen LogP contribution in [0.2, 0.25) is 0 Å². The quantitative estimate of drug-likeness (QED) is 0.186. The molecule has 1 aromatic heterocycles. The highest BCUT2D eigenvalue weighted by molar-refractivity contribution is 14.0. The first-order valence-electron chi connectivity index (χ1n) is 8.48. The Kier molecular flexibility index (Phi) is 11.3. The number of hydrogen-bond acceptors (Lipinski definition) is 3. The van der Waals surface area contributed by atoms with Crippen LogP contribution in [0.5, 0.6) is 0 Å². The van der Waals surface area contributed by atoms with Crippen molar-refractivity contribution in [3.63, 3.8) is 0 Å². The third-order valence-electron chi connectivity index (χ3n) is 3.61. The Hall–Kier alpha value is -1.29. The van der Waals surface area contributed by atoms with Crippen LogP contribution in [0.4, 0.5) is 4.39 Å². The van der Waals surface area contributed by atoms with Gasteiger partial charge in [-0.05, 0) is 54.8 Å². The average Bonchev–Trinajstić information content (AvgIpc) is 3.03. The molecule has 8 heteroatoms. The summed E-state index contributed by atoms with van der Waals surface area (Å²) >= 11 is 1.73. The lowest BCUT2D eigenvalue weighted by Gasteiger charge is -2.11. The number of guanidine groups is 1. The van der Waals surface area contributed by atoms with Gasteiger partial charge in [0.25, 0.3) is 0 Å². The molecule has 0 unspecified atom stereocenters. The smallest absolute Gasteiger partial charge is 0.190 e. The summed E-state index contributed by atoms with van der Waals surface area (Å²) in [6, 6.07) is 6.63. The Balaban J connectivity index is 0.00000338. The molecule has 0 saturated carbocycles. The van der Waals surface area contributed by atoms with E-state index in [0.717, 1.165) is 49.0 Å². The largest absolute Gasteiger partial charge is 0.356 e. The van der Waals surface area contributed by atoms with Crippen molar-refractivity contribution in [1.82, 2.24) is 20.4 Å². The highest BCUT2D eigenvalue weighted by Crippen LogP contribution is 2.18. The van der Waals surface area contributed by atoms with Gasteiger partial charge in [-0.3, -0.25) is 9.67 Å². The van der Waals surface area contributed by atoms with Crippen molar-refractivity contribution in [2.45, 2.75) is 24.2 Å². The summed E-state index contributed by atoms with van der Waals surface area (Å²) in [6.45, 7) is 1.73. The maximum atomic E-state index is 12.8. The van der Waals surface area contributed by atoms with Crippen LogP contribution < -0.4 is 10.6 Å². The second-order valence-electron chi connectivity index (χ2n) is 5.71. The van der Waals surface area contributed by atoms with Crippen LogP contribution in [-0.2, 0) is 13.5 Å². The van der Waals surface area contributed by atoms with Crippen LogP contribution >= 0.6 is 35.7 Å². The van der Waals surface area contributed by atoms with Crippen LogP contribution in [0.3, 0.4) is 0 Å². The molecule has 0 spiro atoms. The van der Waals surface area contributed by atoms with E-state index in [1.807, 2.05) is 36.3 Å². The number of nitrogens with one attached hydrogen (secondary N) is 2. The van der Waals surface area contributed by atoms with Crippen molar-refractivity contribution in [3.8, 4) is 0 Å². The minimum atomic E-state index is -0.190. The van der Waals surface area contributed by atoms with E-state index in [4.69, 9.17) is 0 Å². The molecule has 2 rings (SSSR count). The molecule has 0 aliphatic carbocycles. The Bertz CT molecular complexity index is 660. The van der Waals surface area contributed by atoms with Gasteiger partial charge in [-0.2, -0.15) is 5.10 Å². The van der Waals surface area contributed by atoms with Gasteiger partial charge in [0.1, 0.15) is 5.82 Å². The molecule has 1 aromatic carbocycles. The monoisotopic (exact) mass is 491 g/mol. The lowest BCUT2D eigenvalue weighted by atomic mass is 10.2. The van der Waals surface area contributed by atoms with Crippen LogP contribution in [0.15, 0.2) is 46.5 Å². The van der Waals surface area contributed by atoms with Gasteiger partial charge in [-0.15, -0.1) is 35.7 Å². The zero-order chi connectivity index (χ0) is 17.9. The summed E-state index contributed by atoms with van der Waals surface area (Å²) in [7, 11) is 3.71. The summed E-state index contributed by atoms with van der Waals surface area (Å²) < 4.78 is 14.7. The number of thioether (sulfide) groups is 1. The van der Waals surface area contributed by atoms with Crippen molar-refractivity contribution in [2.75, 3.05) is 25.9 Å². The van der Waals surface area contributed by atoms with Crippen molar-refractivity contribution >= 4 is 41.7 Å². The Labute approximate surface area is 176 Å². The first kappa shape index (κ1) is 22.8. The fraction of sp³-hybridized carbons (Fsp3) is 0.444. The Morgan fingerprint density at radius 3 is 2.50 bits per heavy atom. The van der Waals surface area contributed by atoms with Crippen LogP contribution in [0.25, 0.3) is 0 Å². The summed E-state index contributed by atoms with van der Waals surface area (Å²) in [4.78, 5) is 5.33. The summed E-state index contributed by atoms with van der Waals surface area (Å²) in [5, 5.41) is 10.8. The van der Waals surface area contributed by atoms with E-state index in [1.54, 1.807) is 18.8 Å². The minimum absolute atomic E-state index is 0. The van der Waals surface area contributed by atoms with Crippen molar-refractivity contribution < 1.29 is 4.39 Å². The van der Waals surface area contributed by atoms with Gasteiger partial charge in [-0.25, -0.2) is 4.39 Å². The predicted octanol–water partition coefficient (Wildman–Crippen LogP) is 3.46. The molecule has 26 heavy (non-hydrogen) atoms. The van der Waals surface area contributed by atoms with Gasteiger partial charge < -0.3 is 10.6 Å². The highest BCUT2D eigenvalue weighted by Gasteiger charge is 2.00. The Morgan fingerprint density at radius 1 is 1.19 bits per heavy atom. The molecule has 0 aliphatic rings. The third kappa shape index (κ3) is 8.88. The normalized spacial score (nSPS) is 11.1. The molecule has 0 amide bonds. The standard InChI is InChI=1S/C18H26FN5S.HI/c1-20-18(21-10-3-5-15-13-23-24(2)14-15)22-11-4-12-25-17-8-6-16(19)7-9-17;/h6-9,13-14H,3-5,10-12H2,1-2H3,(H2,20,21,22);1H. The number of hydrogen-bond donors (Lipinski definition) is 2. The van der Waals surface area contributed by atoms with Crippen LogP contribution in [0, 0.1) is 5.82 Å². The maximum absolute atomic E-state index is 12.8. The van der Waals surface area contributed by atoms with Gasteiger partial charge in [0.2, 0.25) is 0 Å². The molecular formula is C18H27FIN5S. The molecule has 0 radical (unpaired) electrons. The van der Waals surface area contributed by atoms with Crippen molar-refractivity contribution in [3.05, 3.63) is 48.0 Å². The number of aliphatic imine (C=N–C) groups is 1. The molecule has 0 atom stereocenters. The minimum Gasteiger partial charge on any atom is -0.356 e. The van der Waals surface area contributed by atoms with Gasteiger partial charge >= 0.3 is 0 Å². The van der Waals surface area contributed by atoms with Crippen LogP contribution in [0.1, 0.15) is 18.4 Å². The molecule has 0 aliphatic heterocycles. The maximum Gasteiger partial charge on any atom is 0.190 e. The lowest BCUT2D eigenvalue weighted by Crippen LogP contribution is -2.38. The average molecular weight is 491 g/mol. The van der Waals surface area contributed by atoms with E-state index in [0.29, 0.717) is 0 Å². The van der Waals surface area contributed by atoms with E-state index in [9.17, 15) is 4.39 Å². The van der Waals surface area contributed by atoms with E-state index in [-0.39, 0.29) is 29.8 Å². The number of benzene rings is 1. The second-order valence-corrected chi connectivity index (χ2v) is 6.88. The highest BCUT2D eigenvalue weighted by atomic mass is 127. The molecule has 144 valence electrons. The lowest BCUT2D eigenvalue weighted by molar-refractivity contribution is 0.626. The van der Waals surface area contributed by atoms with Gasteiger partial charge in [0, 0.05) is 38.3 Å². The zero-order valence-electron chi connectivity index (χ0n) is 15.2. The fourth-order valence-corrected chi connectivity index (χ4v) is 3.17. The second kappa shape index (κ2) is 13.0. The number of rotatable bonds is 9. The zero-order valence-corrected chi connectivity index (χ0v) is 18.4. The topological polar surface area (TPSA) is 54.2 Å². The first-order chi connectivity index (χ1) is 12.2. The predicted molar refractivity (Wildman–Crippen MR) is 118 cm³/mol. The number of aromatic nitrogens is 2. The molecule has 2 N–H and O–H groups in total. The van der Waals surface area contributed by atoms with Crippen molar-refractivity contribution in [2.24, 2.45) is 12.0 Å². The number of aryl methyl sites for hydroxylation is 2. The molecule has 0 saturated heterocycles. The summed E-state index contributed by atoms with van der Waals surface area (Å²) in [5.41, 5.74) is 1.25.